The minimum atomic E-state index is -0.369. The van der Waals surface area contributed by atoms with Gasteiger partial charge in [0, 0.05) is 5.69 Å². The van der Waals surface area contributed by atoms with E-state index in [0.717, 1.165) is 11.8 Å². The summed E-state index contributed by atoms with van der Waals surface area (Å²) in [6.07, 6.45) is 1.60. The molecule has 0 unspecified atom stereocenters. The molecule has 2 aromatic rings. The van der Waals surface area contributed by atoms with E-state index in [9.17, 15) is 13.6 Å². The van der Waals surface area contributed by atoms with Crippen LogP contribution in [0.2, 0.25) is 0 Å². The minimum Gasteiger partial charge on any atom is -0.367 e. The first-order valence-electron chi connectivity index (χ1n) is 7.03. The molecular formula is C17H12F2N2OS2. The number of amides is 1. The van der Waals surface area contributed by atoms with Crippen molar-refractivity contribution in [2.24, 2.45) is 0 Å². The first kappa shape index (κ1) is 16.6. The zero-order chi connectivity index (χ0) is 17.1. The number of thioether (sulfide) groups is 1. The smallest absolute Gasteiger partial charge is 0.267 e. The van der Waals surface area contributed by atoms with Crippen molar-refractivity contribution in [3.63, 3.8) is 0 Å². The van der Waals surface area contributed by atoms with Gasteiger partial charge in [0.15, 0.2) is 0 Å². The molecule has 3 rings (SSSR count). The van der Waals surface area contributed by atoms with Crippen molar-refractivity contribution < 1.29 is 13.6 Å². The Bertz CT molecular complexity index is 839. The first-order chi connectivity index (χ1) is 11.5. The van der Waals surface area contributed by atoms with E-state index >= 15 is 0 Å². The van der Waals surface area contributed by atoms with Gasteiger partial charge in [0.2, 0.25) is 0 Å². The second kappa shape index (κ2) is 7.11. The lowest BCUT2D eigenvalue weighted by molar-refractivity contribution is -0.121. The maximum atomic E-state index is 13.2. The molecule has 0 spiro atoms. The zero-order valence-electron chi connectivity index (χ0n) is 12.3. The molecule has 1 aliphatic rings. The average molecular weight is 362 g/mol. The number of carbonyl (C=O) groups is 1. The van der Waals surface area contributed by atoms with Gasteiger partial charge in [-0.1, -0.05) is 42.2 Å². The predicted molar refractivity (Wildman–Crippen MR) is 96.3 cm³/mol. The molecular weight excluding hydrogens is 350 g/mol. The summed E-state index contributed by atoms with van der Waals surface area (Å²) in [5.74, 6) is -0.999. The van der Waals surface area contributed by atoms with E-state index < -0.39 is 0 Å². The second-order valence-corrected chi connectivity index (χ2v) is 6.69. The minimum absolute atomic E-state index is 0.134. The van der Waals surface area contributed by atoms with Crippen LogP contribution in [-0.4, -0.2) is 21.8 Å². The highest BCUT2D eigenvalue weighted by molar-refractivity contribution is 8.26. The van der Waals surface area contributed by atoms with Gasteiger partial charge in [0.25, 0.3) is 5.91 Å². The Morgan fingerprint density at radius 1 is 1.12 bits per heavy atom. The number of carbonyl (C=O) groups excluding carboxylic acids is 1. The van der Waals surface area contributed by atoms with E-state index in [-0.39, 0.29) is 24.2 Å². The number of anilines is 1. The Kier molecular flexibility index (Phi) is 4.92. The fraction of sp³-hybridized carbons (Fsp3) is 0.0588. The third kappa shape index (κ3) is 3.80. The number of thiocarbonyl (C=S) groups is 1. The zero-order valence-corrected chi connectivity index (χ0v) is 14.0. The summed E-state index contributed by atoms with van der Waals surface area (Å²) >= 11 is 6.37. The molecule has 0 radical (unpaired) electrons. The molecule has 24 heavy (non-hydrogen) atoms. The van der Waals surface area contributed by atoms with Crippen molar-refractivity contribution in [1.82, 2.24) is 4.90 Å². The van der Waals surface area contributed by atoms with Crippen LogP contribution in [0.25, 0.3) is 6.08 Å². The number of rotatable bonds is 4. The molecule has 0 bridgehead atoms. The summed E-state index contributed by atoms with van der Waals surface area (Å²) in [5.41, 5.74) is 1.15. The average Bonchev–Trinajstić information content (AvgIpc) is 2.79. The standard InChI is InChI=1S/C17H12F2N2OS2/c18-12-4-1-3-11(7-12)8-15-16(22)21(17(23)24-15)10-20-14-6-2-5-13(19)9-14/h1-9,20H,10H2/b15-8-. The van der Waals surface area contributed by atoms with Crippen molar-refractivity contribution in [3.8, 4) is 0 Å². The molecule has 1 fully saturated rings. The molecule has 1 saturated heterocycles. The molecule has 1 heterocycles. The van der Waals surface area contributed by atoms with E-state index in [2.05, 4.69) is 5.32 Å². The molecule has 0 aliphatic carbocycles. The Balaban J connectivity index is 1.72. The van der Waals surface area contributed by atoms with Gasteiger partial charge < -0.3 is 5.32 Å². The van der Waals surface area contributed by atoms with Gasteiger partial charge in [0.05, 0.1) is 11.6 Å². The van der Waals surface area contributed by atoms with Gasteiger partial charge in [0.1, 0.15) is 16.0 Å². The third-order valence-electron chi connectivity index (χ3n) is 3.29. The van der Waals surface area contributed by atoms with E-state index in [4.69, 9.17) is 12.2 Å². The number of hydrogen-bond acceptors (Lipinski definition) is 4. The maximum Gasteiger partial charge on any atom is 0.267 e. The Morgan fingerprint density at radius 2 is 1.83 bits per heavy atom. The van der Waals surface area contributed by atoms with Gasteiger partial charge in [-0.25, -0.2) is 8.78 Å². The van der Waals surface area contributed by atoms with Gasteiger partial charge >= 0.3 is 0 Å². The number of hydrogen-bond donors (Lipinski definition) is 1. The van der Waals surface area contributed by atoms with E-state index in [1.54, 1.807) is 30.3 Å². The van der Waals surface area contributed by atoms with E-state index in [0.29, 0.717) is 20.5 Å². The molecule has 122 valence electrons. The molecule has 1 aliphatic heterocycles. The summed E-state index contributed by atoms with van der Waals surface area (Å²) in [6, 6.07) is 11.9. The normalized spacial score (nSPS) is 16.1. The molecule has 3 nitrogen and oxygen atoms in total. The van der Waals surface area contributed by atoms with Crippen molar-refractivity contribution in [2.45, 2.75) is 0 Å². The van der Waals surface area contributed by atoms with Crippen molar-refractivity contribution >= 4 is 46.0 Å². The van der Waals surface area contributed by atoms with Crippen LogP contribution in [-0.2, 0) is 4.79 Å². The van der Waals surface area contributed by atoms with Gasteiger partial charge in [-0.15, -0.1) is 0 Å². The molecule has 1 amide bonds. The van der Waals surface area contributed by atoms with Crippen molar-refractivity contribution in [2.75, 3.05) is 12.0 Å². The Hall–Kier alpha value is -2.25. The summed E-state index contributed by atoms with van der Waals surface area (Å²) in [6.45, 7) is 0.134. The summed E-state index contributed by atoms with van der Waals surface area (Å²) in [7, 11) is 0. The van der Waals surface area contributed by atoms with Crippen LogP contribution < -0.4 is 5.32 Å². The van der Waals surface area contributed by atoms with Gasteiger partial charge in [-0.3, -0.25) is 9.69 Å². The van der Waals surface area contributed by atoms with Gasteiger partial charge in [-0.2, -0.15) is 0 Å². The van der Waals surface area contributed by atoms with Crippen LogP contribution in [0, 0.1) is 11.6 Å². The molecule has 1 N–H and O–H groups in total. The summed E-state index contributed by atoms with van der Waals surface area (Å²) in [5, 5.41) is 2.96. The highest BCUT2D eigenvalue weighted by Gasteiger charge is 2.31. The number of nitrogens with one attached hydrogen (secondary N) is 1. The molecule has 2 aromatic carbocycles. The van der Waals surface area contributed by atoms with Crippen LogP contribution in [0.4, 0.5) is 14.5 Å². The van der Waals surface area contributed by atoms with Crippen LogP contribution >= 0.6 is 24.0 Å². The Labute approximate surface area is 147 Å². The lowest BCUT2D eigenvalue weighted by Crippen LogP contribution is -2.33. The fourth-order valence-corrected chi connectivity index (χ4v) is 3.41. The number of nitrogens with zero attached hydrogens (tertiary/aromatic N) is 1. The topological polar surface area (TPSA) is 32.3 Å². The van der Waals surface area contributed by atoms with E-state index in [1.807, 2.05) is 0 Å². The third-order valence-corrected chi connectivity index (χ3v) is 4.66. The van der Waals surface area contributed by atoms with Crippen LogP contribution in [0.3, 0.4) is 0 Å². The summed E-state index contributed by atoms with van der Waals surface area (Å²) < 4.78 is 26.8. The van der Waals surface area contributed by atoms with Crippen LogP contribution in [0.15, 0.2) is 53.4 Å². The lowest BCUT2D eigenvalue weighted by atomic mass is 10.2. The van der Waals surface area contributed by atoms with Crippen LogP contribution in [0.1, 0.15) is 5.56 Å². The quantitative estimate of drug-likeness (QED) is 0.651. The number of halogens is 2. The highest BCUT2D eigenvalue weighted by atomic mass is 32.2. The SMILES string of the molecule is O=C1/C(=C/c2cccc(F)c2)SC(=S)N1CNc1cccc(F)c1. The lowest BCUT2D eigenvalue weighted by Gasteiger charge is -2.16. The van der Waals surface area contributed by atoms with Crippen LogP contribution in [0.5, 0.6) is 0 Å². The second-order valence-electron chi connectivity index (χ2n) is 5.01. The molecule has 0 saturated carbocycles. The molecule has 0 atom stereocenters. The first-order valence-corrected chi connectivity index (χ1v) is 8.26. The highest BCUT2D eigenvalue weighted by Crippen LogP contribution is 2.32. The maximum absolute atomic E-state index is 13.2. The molecule has 0 aromatic heterocycles. The summed E-state index contributed by atoms with van der Waals surface area (Å²) in [4.78, 5) is 14.2. The Morgan fingerprint density at radius 3 is 2.54 bits per heavy atom. The largest absolute Gasteiger partial charge is 0.367 e. The fourth-order valence-electron chi connectivity index (χ4n) is 2.15. The molecule has 7 heteroatoms. The number of benzene rings is 2. The monoisotopic (exact) mass is 362 g/mol. The van der Waals surface area contributed by atoms with Crippen molar-refractivity contribution in [3.05, 3.63) is 70.6 Å². The van der Waals surface area contributed by atoms with Gasteiger partial charge in [-0.05, 0) is 42.0 Å². The predicted octanol–water partition coefficient (Wildman–Crippen LogP) is 4.24. The van der Waals surface area contributed by atoms with E-state index in [1.165, 1.54) is 29.2 Å². The van der Waals surface area contributed by atoms with Crippen molar-refractivity contribution in [1.29, 1.82) is 0 Å².